The molecule has 0 unspecified atom stereocenters. The predicted molar refractivity (Wildman–Crippen MR) is 79.7 cm³/mol. The normalized spacial score (nSPS) is 10.8. The van der Waals surface area contributed by atoms with Crippen LogP contribution in [-0.2, 0) is 16.0 Å². The van der Waals surface area contributed by atoms with Crippen molar-refractivity contribution in [2.75, 3.05) is 52.0 Å². The lowest BCUT2D eigenvalue weighted by molar-refractivity contribution is 0.190. The average molecular weight is 284 g/mol. The molecule has 0 saturated heterocycles. The predicted octanol–water partition coefficient (Wildman–Crippen LogP) is 2.03. The van der Waals surface area contributed by atoms with Gasteiger partial charge in [-0.1, -0.05) is 6.92 Å². The Labute approximate surface area is 120 Å². The van der Waals surface area contributed by atoms with Crippen LogP contribution in [0, 0.1) is 5.82 Å². The van der Waals surface area contributed by atoms with Crippen LogP contribution in [0.1, 0.15) is 12.5 Å². The largest absolute Gasteiger partial charge is 0.383 e. The molecule has 20 heavy (non-hydrogen) atoms. The van der Waals surface area contributed by atoms with E-state index in [1.165, 1.54) is 0 Å². The third kappa shape index (κ3) is 5.86. The number of nitrogens with zero attached hydrogens (tertiary/aromatic N) is 1. The van der Waals surface area contributed by atoms with E-state index < -0.39 is 0 Å². The fraction of sp³-hybridized carbons (Fsp3) is 0.600. The number of anilines is 1. The number of hydrogen-bond donors (Lipinski definition) is 1. The quantitative estimate of drug-likeness (QED) is 0.713. The number of ether oxygens (including phenoxy) is 2. The highest BCUT2D eigenvalue weighted by Gasteiger charge is 2.09. The minimum absolute atomic E-state index is 0.213. The maximum absolute atomic E-state index is 13.7. The summed E-state index contributed by atoms with van der Waals surface area (Å²) in [5.74, 6) is -0.213. The van der Waals surface area contributed by atoms with Crippen molar-refractivity contribution in [2.24, 2.45) is 0 Å². The minimum atomic E-state index is -0.213. The van der Waals surface area contributed by atoms with Crippen LogP contribution in [0.2, 0.25) is 0 Å². The molecule has 1 N–H and O–H groups in total. The van der Waals surface area contributed by atoms with E-state index >= 15 is 0 Å². The van der Waals surface area contributed by atoms with Crippen LogP contribution >= 0.6 is 0 Å². The van der Waals surface area contributed by atoms with E-state index in [0.717, 1.165) is 17.8 Å². The Kier molecular flexibility index (Phi) is 8.18. The van der Waals surface area contributed by atoms with Crippen molar-refractivity contribution in [1.29, 1.82) is 0 Å². The van der Waals surface area contributed by atoms with Crippen molar-refractivity contribution in [1.82, 2.24) is 5.32 Å². The fourth-order valence-corrected chi connectivity index (χ4v) is 1.96. The van der Waals surface area contributed by atoms with Crippen molar-refractivity contribution in [3.8, 4) is 0 Å². The summed E-state index contributed by atoms with van der Waals surface area (Å²) in [5, 5.41) is 3.21. The van der Waals surface area contributed by atoms with Crippen molar-refractivity contribution >= 4 is 5.69 Å². The number of benzene rings is 1. The molecule has 0 heterocycles. The van der Waals surface area contributed by atoms with Gasteiger partial charge in [-0.05, 0) is 30.3 Å². The first-order valence-corrected chi connectivity index (χ1v) is 6.94. The number of methoxy groups -OCH3 is 2. The molecule has 0 bridgehead atoms. The standard InChI is InChI=1S/C15H25FN2O2/c1-4-17-12-13-9-14(16)11-15(10-13)18(5-7-19-2)6-8-20-3/h9-11,17H,4-8,12H2,1-3H3. The first-order valence-electron chi connectivity index (χ1n) is 6.94. The summed E-state index contributed by atoms with van der Waals surface area (Å²) in [7, 11) is 3.33. The number of hydrogen-bond acceptors (Lipinski definition) is 4. The zero-order valence-electron chi connectivity index (χ0n) is 12.6. The fourth-order valence-electron chi connectivity index (χ4n) is 1.96. The molecular formula is C15H25FN2O2. The molecule has 1 aromatic carbocycles. The molecule has 0 atom stereocenters. The van der Waals surface area contributed by atoms with E-state index in [1.54, 1.807) is 26.4 Å². The second-order valence-corrected chi connectivity index (χ2v) is 4.57. The zero-order chi connectivity index (χ0) is 14.8. The van der Waals surface area contributed by atoms with Gasteiger partial charge >= 0.3 is 0 Å². The molecule has 0 radical (unpaired) electrons. The van der Waals surface area contributed by atoms with Gasteiger partial charge in [0.05, 0.1) is 13.2 Å². The highest BCUT2D eigenvalue weighted by molar-refractivity contribution is 5.49. The van der Waals surface area contributed by atoms with Gasteiger partial charge in [0.15, 0.2) is 0 Å². The van der Waals surface area contributed by atoms with Crippen LogP contribution in [0.3, 0.4) is 0 Å². The van der Waals surface area contributed by atoms with E-state index in [9.17, 15) is 4.39 Å². The second-order valence-electron chi connectivity index (χ2n) is 4.57. The first-order chi connectivity index (χ1) is 9.71. The molecule has 4 nitrogen and oxygen atoms in total. The molecular weight excluding hydrogens is 259 g/mol. The first kappa shape index (κ1) is 16.9. The molecule has 1 rings (SSSR count). The van der Waals surface area contributed by atoms with E-state index in [2.05, 4.69) is 10.2 Å². The summed E-state index contributed by atoms with van der Waals surface area (Å²) in [6.45, 7) is 6.19. The van der Waals surface area contributed by atoms with Crippen molar-refractivity contribution < 1.29 is 13.9 Å². The number of halogens is 1. The van der Waals surface area contributed by atoms with Gasteiger partial charge in [-0.2, -0.15) is 0 Å². The molecule has 0 fully saturated rings. The van der Waals surface area contributed by atoms with Crippen molar-refractivity contribution in [2.45, 2.75) is 13.5 Å². The summed E-state index contributed by atoms with van der Waals surface area (Å²) < 4.78 is 24.0. The van der Waals surface area contributed by atoms with Gasteiger partial charge in [-0.3, -0.25) is 0 Å². The zero-order valence-corrected chi connectivity index (χ0v) is 12.6. The van der Waals surface area contributed by atoms with Crippen molar-refractivity contribution in [3.63, 3.8) is 0 Å². The van der Waals surface area contributed by atoms with E-state index in [0.29, 0.717) is 32.8 Å². The maximum atomic E-state index is 13.7. The number of nitrogens with one attached hydrogen (secondary N) is 1. The van der Waals surface area contributed by atoms with Gasteiger partial charge < -0.3 is 19.7 Å². The lowest BCUT2D eigenvalue weighted by atomic mass is 10.1. The van der Waals surface area contributed by atoms with Gasteiger partial charge in [0, 0.05) is 39.5 Å². The molecule has 114 valence electrons. The molecule has 5 heteroatoms. The highest BCUT2D eigenvalue weighted by Crippen LogP contribution is 2.18. The Morgan fingerprint density at radius 1 is 1.10 bits per heavy atom. The van der Waals surface area contributed by atoms with E-state index in [-0.39, 0.29) is 5.82 Å². The summed E-state index contributed by atoms with van der Waals surface area (Å²) in [6, 6.07) is 5.13. The lowest BCUT2D eigenvalue weighted by Gasteiger charge is -2.25. The summed E-state index contributed by atoms with van der Waals surface area (Å²) in [6.07, 6.45) is 0. The third-order valence-corrected chi connectivity index (χ3v) is 3.02. The topological polar surface area (TPSA) is 33.7 Å². The summed E-state index contributed by atoms with van der Waals surface area (Å²) >= 11 is 0. The SMILES string of the molecule is CCNCc1cc(F)cc(N(CCOC)CCOC)c1. The molecule has 0 aromatic heterocycles. The molecule has 0 spiro atoms. The van der Waals surface area contributed by atoms with Gasteiger partial charge in [0.25, 0.3) is 0 Å². The molecule has 0 aliphatic heterocycles. The third-order valence-electron chi connectivity index (χ3n) is 3.02. The molecule has 0 saturated carbocycles. The van der Waals surface area contributed by atoms with Crippen LogP contribution in [0.15, 0.2) is 18.2 Å². The van der Waals surface area contributed by atoms with Crippen LogP contribution < -0.4 is 10.2 Å². The summed E-state index contributed by atoms with van der Waals surface area (Å²) in [4.78, 5) is 2.07. The van der Waals surface area contributed by atoms with Gasteiger partial charge in [0.2, 0.25) is 0 Å². The van der Waals surface area contributed by atoms with Crippen LogP contribution in [0.4, 0.5) is 10.1 Å². The Morgan fingerprint density at radius 2 is 1.75 bits per heavy atom. The average Bonchev–Trinajstić information content (AvgIpc) is 2.44. The Balaban J connectivity index is 2.83. The van der Waals surface area contributed by atoms with Gasteiger partial charge in [0.1, 0.15) is 5.82 Å². The molecule has 0 aliphatic carbocycles. The van der Waals surface area contributed by atoms with Crippen molar-refractivity contribution in [3.05, 3.63) is 29.6 Å². The highest BCUT2D eigenvalue weighted by atomic mass is 19.1. The molecule has 0 amide bonds. The Hall–Kier alpha value is -1.17. The van der Waals surface area contributed by atoms with E-state index in [1.807, 2.05) is 13.0 Å². The summed E-state index contributed by atoms with van der Waals surface area (Å²) in [5.41, 5.74) is 1.81. The monoisotopic (exact) mass is 284 g/mol. The lowest BCUT2D eigenvalue weighted by Crippen LogP contribution is -2.30. The Bertz CT molecular complexity index is 380. The Morgan fingerprint density at radius 3 is 2.30 bits per heavy atom. The smallest absolute Gasteiger partial charge is 0.125 e. The van der Waals surface area contributed by atoms with Crippen LogP contribution in [-0.4, -0.2) is 47.1 Å². The molecule has 0 aliphatic rings. The van der Waals surface area contributed by atoms with Crippen LogP contribution in [0.25, 0.3) is 0 Å². The van der Waals surface area contributed by atoms with Crippen LogP contribution in [0.5, 0.6) is 0 Å². The van der Waals surface area contributed by atoms with E-state index in [4.69, 9.17) is 9.47 Å². The molecule has 1 aromatic rings. The number of rotatable bonds is 10. The second kappa shape index (κ2) is 9.69. The van der Waals surface area contributed by atoms with Gasteiger partial charge in [-0.15, -0.1) is 0 Å². The minimum Gasteiger partial charge on any atom is -0.383 e. The maximum Gasteiger partial charge on any atom is 0.125 e. The van der Waals surface area contributed by atoms with Gasteiger partial charge in [-0.25, -0.2) is 4.39 Å².